The Kier molecular flexibility index (Phi) is 4.93. The molecule has 19 heavy (non-hydrogen) atoms. The van der Waals surface area contributed by atoms with Crippen LogP contribution in [-0.2, 0) is 4.79 Å². The quantitative estimate of drug-likeness (QED) is 0.839. The van der Waals surface area contributed by atoms with Gasteiger partial charge in [-0.2, -0.15) is 0 Å². The van der Waals surface area contributed by atoms with Gasteiger partial charge in [-0.05, 0) is 24.9 Å². The van der Waals surface area contributed by atoms with Gasteiger partial charge in [0.05, 0.1) is 0 Å². The molecule has 0 saturated carbocycles. The van der Waals surface area contributed by atoms with E-state index in [4.69, 9.17) is 5.73 Å². The first-order valence-electron chi connectivity index (χ1n) is 6.97. The molecule has 4 heteroatoms. The van der Waals surface area contributed by atoms with Crippen LogP contribution in [0.25, 0.3) is 0 Å². The maximum atomic E-state index is 11.1. The van der Waals surface area contributed by atoms with Crippen LogP contribution in [0.15, 0.2) is 30.3 Å². The van der Waals surface area contributed by atoms with E-state index in [0.29, 0.717) is 12.6 Å². The minimum Gasteiger partial charge on any atom is -0.352 e. The van der Waals surface area contributed by atoms with E-state index in [-0.39, 0.29) is 11.9 Å². The molecule has 1 amide bonds. The summed E-state index contributed by atoms with van der Waals surface area (Å²) in [6.45, 7) is 4.20. The largest absolute Gasteiger partial charge is 0.352 e. The summed E-state index contributed by atoms with van der Waals surface area (Å²) in [7, 11) is 0. The molecule has 1 fully saturated rings. The molecule has 3 N–H and O–H groups in total. The lowest BCUT2D eigenvalue weighted by Gasteiger charge is -2.28. The zero-order valence-electron chi connectivity index (χ0n) is 11.5. The van der Waals surface area contributed by atoms with Crippen LogP contribution in [0.5, 0.6) is 0 Å². The van der Waals surface area contributed by atoms with Gasteiger partial charge in [0.1, 0.15) is 0 Å². The van der Waals surface area contributed by atoms with Gasteiger partial charge in [-0.15, -0.1) is 0 Å². The van der Waals surface area contributed by atoms with Crippen LogP contribution in [0.2, 0.25) is 0 Å². The van der Waals surface area contributed by atoms with Crippen molar-refractivity contribution in [1.82, 2.24) is 10.2 Å². The van der Waals surface area contributed by atoms with Crippen molar-refractivity contribution in [2.45, 2.75) is 31.8 Å². The Hall–Kier alpha value is -1.39. The number of likely N-dealkylation sites (tertiary alicyclic amines) is 1. The Labute approximate surface area is 115 Å². The monoisotopic (exact) mass is 261 g/mol. The van der Waals surface area contributed by atoms with E-state index in [1.807, 2.05) is 6.07 Å². The highest BCUT2D eigenvalue weighted by atomic mass is 16.1. The number of rotatable bonds is 5. The van der Waals surface area contributed by atoms with Gasteiger partial charge in [0, 0.05) is 32.1 Å². The third-order valence-electron chi connectivity index (χ3n) is 3.69. The van der Waals surface area contributed by atoms with E-state index in [2.05, 4.69) is 34.5 Å². The number of nitrogens with two attached hydrogens (primary N) is 1. The van der Waals surface area contributed by atoms with Crippen LogP contribution in [0.3, 0.4) is 0 Å². The molecule has 1 heterocycles. The molecule has 0 radical (unpaired) electrons. The van der Waals surface area contributed by atoms with Gasteiger partial charge >= 0.3 is 0 Å². The number of benzene rings is 1. The number of amides is 1. The first-order valence-corrected chi connectivity index (χ1v) is 6.97. The van der Waals surface area contributed by atoms with Gasteiger partial charge in [0.25, 0.3) is 0 Å². The van der Waals surface area contributed by atoms with Crippen LogP contribution >= 0.6 is 0 Å². The van der Waals surface area contributed by atoms with Gasteiger partial charge in [-0.25, -0.2) is 0 Å². The van der Waals surface area contributed by atoms with Crippen molar-refractivity contribution < 1.29 is 4.79 Å². The first-order chi connectivity index (χ1) is 9.20. The fourth-order valence-corrected chi connectivity index (χ4v) is 2.87. The van der Waals surface area contributed by atoms with Crippen molar-refractivity contribution in [3.05, 3.63) is 35.9 Å². The molecule has 104 valence electrons. The van der Waals surface area contributed by atoms with Gasteiger partial charge in [0.2, 0.25) is 5.91 Å². The third kappa shape index (κ3) is 3.78. The first kappa shape index (κ1) is 14.0. The predicted molar refractivity (Wildman–Crippen MR) is 76.6 cm³/mol. The highest BCUT2D eigenvalue weighted by molar-refractivity contribution is 5.73. The van der Waals surface area contributed by atoms with Crippen molar-refractivity contribution in [3.8, 4) is 0 Å². The van der Waals surface area contributed by atoms with Crippen LogP contribution < -0.4 is 11.1 Å². The molecule has 0 aliphatic carbocycles. The molecule has 2 unspecified atom stereocenters. The zero-order chi connectivity index (χ0) is 13.7. The molecule has 1 saturated heterocycles. The Morgan fingerprint density at radius 3 is 2.84 bits per heavy atom. The van der Waals surface area contributed by atoms with E-state index in [1.165, 1.54) is 5.56 Å². The third-order valence-corrected chi connectivity index (χ3v) is 3.69. The lowest BCUT2D eigenvalue weighted by Crippen LogP contribution is -2.37. The van der Waals surface area contributed by atoms with E-state index in [0.717, 1.165) is 25.9 Å². The minimum atomic E-state index is 0.0573. The Morgan fingerprint density at radius 1 is 1.47 bits per heavy atom. The average Bonchev–Trinajstić information content (AvgIpc) is 2.84. The van der Waals surface area contributed by atoms with Crippen molar-refractivity contribution in [2.75, 3.05) is 19.6 Å². The fraction of sp³-hybridized carbons (Fsp3) is 0.533. The van der Waals surface area contributed by atoms with Gasteiger partial charge in [-0.3, -0.25) is 9.69 Å². The van der Waals surface area contributed by atoms with E-state index >= 15 is 0 Å². The zero-order valence-corrected chi connectivity index (χ0v) is 11.5. The lowest BCUT2D eigenvalue weighted by molar-refractivity contribution is -0.119. The van der Waals surface area contributed by atoms with Crippen LogP contribution in [0, 0.1) is 0 Å². The van der Waals surface area contributed by atoms with E-state index in [1.54, 1.807) is 6.92 Å². The van der Waals surface area contributed by atoms with Crippen molar-refractivity contribution >= 4 is 5.91 Å². The highest BCUT2D eigenvalue weighted by Crippen LogP contribution is 2.27. The predicted octanol–water partition coefficient (Wildman–Crippen LogP) is 1.29. The minimum absolute atomic E-state index is 0.0573. The standard InChI is InChI=1S/C15H23N3O/c1-12(19)17-14-8-10-18(11-14)15(7-9-16)13-5-3-2-4-6-13/h2-6,14-15H,7-11,16H2,1H3,(H,17,19). The van der Waals surface area contributed by atoms with Gasteiger partial charge in [0.15, 0.2) is 0 Å². The van der Waals surface area contributed by atoms with Crippen LogP contribution in [0.1, 0.15) is 31.4 Å². The number of carbonyl (C=O) groups excluding carboxylic acids is 1. The molecule has 1 aliphatic rings. The molecule has 1 aromatic rings. The maximum absolute atomic E-state index is 11.1. The lowest BCUT2D eigenvalue weighted by atomic mass is 10.0. The van der Waals surface area contributed by atoms with Gasteiger partial charge in [-0.1, -0.05) is 30.3 Å². The highest BCUT2D eigenvalue weighted by Gasteiger charge is 2.28. The number of hydrogen-bond donors (Lipinski definition) is 2. The summed E-state index contributed by atoms with van der Waals surface area (Å²) < 4.78 is 0. The number of nitrogens with one attached hydrogen (secondary N) is 1. The number of nitrogens with zero attached hydrogens (tertiary/aromatic N) is 1. The van der Waals surface area contributed by atoms with E-state index in [9.17, 15) is 4.79 Å². The Balaban J connectivity index is 2.03. The van der Waals surface area contributed by atoms with Gasteiger partial charge < -0.3 is 11.1 Å². The number of carbonyl (C=O) groups is 1. The maximum Gasteiger partial charge on any atom is 0.217 e. The normalized spacial score (nSPS) is 21.3. The average molecular weight is 261 g/mol. The fourth-order valence-electron chi connectivity index (χ4n) is 2.87. The molecule has 0 bridgehead atoms. The summed E-state index contributed by atoms with van der Waals surface area (Å²) in [5, 5.41) is 3.01. The summed E-state index contributed by atoms with van der Waals surface area (Å²) in [5.74, 6) is 0.0573. The van der Waals surface area contributed by atoms with Crippen molar-refractivity contribution in [3.63, 3.8) is 0 Å². The van der Waals surface area contributed by atoms with Crippen molar-refractivity contribution in [1.29, 1.82) is 0 Å². The van der Waals surface area contributed by atoms with Crippen LogP contribution in [-0.4, -0.2) is 36.5 Å². The SMILES string of the molecule is CC(=O)NC1CCN(C(CCN)c2ccccc2)C1. The Morgan fingerprint density at radius 2 is 2.21 bits per heavy atom. The summed E-state index contributed by atoms with van der Waals surface area (Å²) in [4.78, 5) is 13.6. The molecule has 0 spiro atoms. The summed E-state index contributed by atoms with van der Waals surface area (Å²) in [6, 6.07) is 11.1. The summed E-state index contributed by atoms with van der Waals surface area (Å²) in [6.07, 6.45) is 1.98. The molecule has 2 atom stereocenters. The van der Waals surface area contributed by atoms with Crippen molar-refractivity contribution in [2.24, 2.45) is 5.73 Å². The molecule has 2 rings (SSSR count). The summed E-state index contributed by atoms with van der Waals surface area (Å²) in [5.41, 5.74) is 7.07. The smallest absolute Gasteiger partial charge is 0.217 e. The Bertz CT molecular complexity index is 407. The molecular weight excluding hydrogens is 238 g/mol. The topological polar surface area (TPSA) is 58.4 Å². The second-order valence-electron chi connectivity index (χ2n) is 5.18. The number of hydrogen-bond acceptors (Lipinski definition) is 3. The van der Waals surface area contributed by atoms with E-state index < -0.39 is 0 Å². The second kappa shape index (κ2) is 6.68. The van der Waals surface area contributed by atoms with Crippen LogP contribution in [0.4, 0.5) is 0 Å². The molecule has 1 aliphatic heterocycles. The summed E-state index contributed by atoms with van der Waals surface area (Å²) >= 11 is 0. The molecule has 1 aromatic carbocycles. The molecule has 0 aromatic heterocycles. The molecule has 4 nitrogen and oxygen atoms in total. The second-order valence-corrected chi connectivity index (χ2v) is 5.18. The molecular formula is C15H23N3O.